The zero-order valence-corrected chi connectivity index (χ0v) is 21.2. The predicted molar refractivity (Wildman–Crippen MR) is 117 cm³/mol. The van der Waals surface area contributed by atoms with Crippen molar-refractivity contribution >= 4 is 51.0 Å². The number of ether oxygens (including phenoxy) is 1. The molecule has 0 radical (unpaired) electrons. The number of aromatic carboxylic acids is 1. The van der Waals surface area contributed by atoms with Gasteiger partial charge in [-0.15, -0.1) is 0 Å². The van der Waals surface area contributed by atoms with Gasteiger partial charge in [-0.2, -0.15) is 29.8 Å². The Kier molecular flexibility index (Phi) is 15.3. The van der Waals surface area contributed by atoms with Crippen LogP contribution in [0.15, 0.2) is 24.5 Å². The third-order valence-electron chi connectivity index (χ3n) is 4.23. The molecule has 36 heavy (non-hydrogen) atoms. The van der Waals surface area contributed by atoms with E-state index in [-0.39, 0.29) is 5.56 Å². The molecule has 1 aromatic rings. The van der Waals surface area contributed by atoms with Gasteiger partial charge in [-0.1, -0.05) is 0 Å². The molecule has 0 spiro atoms. The van der Waals surface area contributed by atoms with E-state index in [1.807, 2.05) is 0 Å². The Bertz CT molecular complexity index is 902. The number of hydrogen-bond acceptors (Lipinski definition) is 13. The number of carbonyl (C=O) groups is 3. The van der Waals surface area contributed by atoms with E-state index < -0.39 is 69.0 Å². The van der Waals surface area contributed by atoms with Gasteiger partial charge in [-0.05, 0) is 6.07 Å². The second-order valence-corrected chi connectivity index (χ2v) is 8.93. The number of rotatable bonds is 9. The smallest absolute Gasteiger partial charge is 0.363 e. The number of aromatic nitrogens is 1. The number of carbonyl (C=O) groups excluding carboxylic acids is 1. The Morgan fingerprint density at radius 3 is 1.97 bits per heavy atom. The van der Waals surface area contributed by atoms with E-state index >= 15 is 0 Å². The van der Waals surface area contributed by atoms with Gasteiger partial charge >= 0.3 is 11.9 Å². The van der Waals surface area contributed by atoms with Crippen molar-refractivity contribution in [3.63, 3.8) is 0 Å². The number of carboxylic acid groups (broad SMARTS) is 3. The van der Waals surface area contributed by atoms with Crippen molar-refractivity contribution < 1.29 is 79.6 Å². The molecule has 2 heterocycles. The number of aliphatic hydroxyl groups is 2. The number of quaternary nitrogens is 2. The maximum atomic E-state index is 10.8. The predicted octanol–water partition coefficient (Wildman–Crippen LogP) is -6.98. The molecule has 206 valence electrons. The Morgan fingerprint density at radius 1 is 1.11 bits per heavy atom. The van der Waals surface area contributed by atoms with Crippen LogP contribution in [0, 0.1) is 0 Å². The monoisotopic (exact) mass is 577 g/mol. The third kappa shape index (κ3) is 12.4. The van der Waals surface area contributed by atoms with Crippen molar-refractivity contribution in [2.24, 2.45) is 0 Å². The van der Waals surface area contributed by atoms with E-state index in [2.05, 4.69) is 41.2 Å². The van der Waals surface area contributed by atoms with Crippen molar-refractivity contribution in [2.75, 3.05) is 18.1 Å². The molecule has 10 N–H and O–H groups in total. The van der Waals surface area contributed by atoms with Gasteiger partial charge in [0, 0.05) is 6.07 Å². The normalized spacial score (nSPS) is 22.8. The first kappa shape index (κ1) is 34.2. The minimum Gasteiger partial charge on any atom is -0.790 e. The number of phosphoric ester groups is 1. The van der Waals surface area contributed by atoms with Crippen LogP contribution in [0.5, 0.6) is 0 Å². The lowest BCUT2D eigenvalue weighted by atomic mass is 10.1. The molecule has 0 unspecified atom stereocenters. The molecule has 0 amide bonds. The molecule has 16 nitrogen and oxygen atoms in total. The van der Waals surface area contributed by atoms with E-state index in [1.165, 1.54) is 22.9 Å². The summed E-state index contributed by atoms with van der Waals surface area (Å²) in [7, 11) is -5.24. The molecule has 1 fully saturated rings. The van der Waals surface area contributed by atoms with E-state index in [0.717, 1.165) is 6.20 Å². The summed E-state index contributed by atoms with van der Waals surface area (Å²) in [5.41, 5.74) is 6.38. The zero-order chi connectivity index (χ0) is 28.2. The molecule has 1 aliphatic rings. The zero-order valence-electron chi connectivity index (χ0n) is 18.6. The molecular weight excluding hydrogens is 549 g/mol. The molecule has 0 aromatic carbocycles. The summed E-state index contributed by atoms with van der Waals surface area (Å²) in [4.78, 5) is 51.3. The molecule has 1 saturated heterocycles. The van der Waals surface area contributed by atoms with Gasteiger partial charge in [0.25, 0.3) is 6.23 Å². The molecular formula is C17H28N3O13PS2. The maximum Gasteiger partial charge on any atom is 0.363 e. The van der Waals surface area contributed by atoms with Crippen LogP contribution in [-0.4, -0.2) is 86.8 Å². The quantitative estimate of drug-likeness (QED) is 0.0769. The number of aliphatic hydroxyl groups excluding tert-OH is 2. The lowest BCUT2D eigenvalue weighted by Gasteiger charge is -2.30. The third-order valence-corrected chi connectivity index (χ3v) is 5.57. The largest absolute Gasteiger partial charge is 0.790 e. The summed E-state index contributed by atoms with van der Waals surface area (Å²) >= 11 is 7.42. The van der Waals surface area contributed by atoms with Gasteiger partial charge in [-0.3, -0.25) is 0 Å². The van der Waals surface area contributed by atoms with E-state index in [9.17, 15) is 44.1 Å². The Morgan fingerprint density at radius 2 is 1.61 bits per heavy atom. The average molecular weight is 578 g/mol. The van der Waals surface area contributed by atoms with Crippen LogP contribution >= 0.6 is 33.1 Å². The number of aliphatic carboxylic acids is 2. The number of thiol groups is 2. The van der Waals surface area contributed by atoms with Crippen molar-refractivity contribution in [1.82, 2.24) is 0 Å². The van der Waals surface area contributed by atoms with Gasteiger partial charge in [-0.25, -0.2) is 9.59 Å². The van der Waals surface area contributed by atoms with Gasteiger partial charge in [0.2, 0.25) is 0 Å². The van der Waals surface area contributed by atoms with Crippen LogP contribution in [0.25, 0.3) is 0 Å². The van der Waals surface area contributed by atoms with Crippen LogP contribution in [0.1, 0.15) is 16.6 Å². The van der Waals surface area contributed by atoms with Gasteiger partial charge in [0.05, 0.1) is 37.5 Å². The molecule has 1 aliphatic heterocycles. The average Bonchev–Trinajstić information content (AvgIpc) is 3.10. The molecule has 19 heteroatoms. The van der Waals surface area contributed by atoms with Crippen molar-refractivity contribution in [1.29, 1.82) is 0 Å². The first-order chi connectivity index (χ1) is 16.5. The highest BCUT2D eigenvalue weighted by atomic mass is 32.1. The summed E-state index contributed by atoms with van der Waals surface area (Å²) < 4.78 is 20.8. The number of pyridine rings is 1. The Hall–Kier alpha value is -1.83. The van der Waals surface area contributed by atoms with Crippen molar-refractivity contribution in [3.05, 3.63) is 30.1 Å². The first-order valence-corrected chi connectivity index (χ1v) is 12.5. The number of nitrogens with zero attached hydrogens (tertiary/aromatic N) is 1. The van der Waals surface area contributed by atoms with Crippen LogP contribution in [0.4, 0.5) is 0 Å². The summed E-state index contributed by atoms with van der Waals surface area (Å²) in [6.07, 6.45) is -2.95. The second kappa shape index (κ2) is 16.1. The second-order valence-electron chi connectivity index (χ2n) is 7.05. The standard InChI is InChI=1S/C11H14NO9P.2C3H7NO2S/c13-8-7(5-20-22(17,18)19)21-10(9(8)14)12-3-1-2-6(4-12)11(15)16;2*4-2(1-7)3(5)6/h1-4,7-10,13-14H,5H2,(H2-,15,16,17,18,19);2*2,7H,1,4H2,(H,5,6)/t7-,8-,9-,10-;2*2-/m100/s1. The maximum absolute atomic E-state index is 10.8. The number of carboxylic acids is 3. The lowest BCUT2D eigenvalue weighted by molar-refractivity contribution is -0.765. The first-order valence-electron chi connectivity index (χ1n) is 9.79. The molecule has 0 bridgehead atoms. The van der Waals surface area contributed by atoms with E-state index in [1.54, 1.807) is 0 Å². The highest BCUT2D eigenvalue weighted by Gasteiger charge is 2.48. The molecule has 2 rings (SSSR count). The highest BCUT2D eigenvalue weighted by molar-refractivity contribution is 7.80. The Labute approximate surface area is 215 Å². The van der Waals surface area contributed by atoms with Gasteiger partial charge in [0.15, 0.2) is 30.6 Å². The summed E-state index contributed by atoms with van der Waals surface area (Å²) in [6.45, 7) is -0.764. The lowest BCUT2D eigenvalue weighted by Crippen LogP contribution is -2.66. The van der Waals surface area contributed by atoms with Gasteiger partial charge < -0.3 is 65.4 Å². The fraction of sp³-hybridized carbons (Fsp3) is 0.529. The van der Waals surface area contributed by atoms with Crippen molar-refractivity contribution in [3.8, 4) is 0 Å². The number of hydrogen-bond donors (Lipinski definition) is 8. The van der Waals surface area contributed by atoms with Crippen LogP contribution in [0.3, 0.4) is 0 Å². The molecule has 1 aromatic heterocycles. The van der Waals surface area contributed by atoms with E-state index in [0.29, 0.717) is 11.5 Å². The molecule has 6 atom stereocenters. The van der Waals surface area contributed by atoms with Gasteiger partial charge in [0.1, 0.15) is 12.2 Å². The fourth-order valence-electron chi connectivity index (χ4n) is 2.21. The van der Waals surface area contributed by atoms with Crippen LogP contribution < -0.4 is 30.9 Å². The van der Waals surface area contributed by atoms with Crippen LogP contribution in [0.2, 0.25) is 0 Å². The minimum absolute atomic E-state index is 0.184. The molecule has 0 saturated carbocycles. The highest BCUT2D eigenvalue weighted by Crippen LogP contribution is 2.30. The minimum atomic E-state index is -5.24. The van der Waals surface area contributed by atoms with Crippen LogP contribution in [-0.2, 0) is 23.4 Å². The van der Waals surface area contributed by atoms with E-state index in [4.69, 9.17) is 14.9 Å². The summed E-state index contributed by atoms with van der Waals surface area (Å²) in [5.74, 6) is -2.63. The molecule has 0 aliphatic carbocycles. The van der Waals surface area contributed by atoms with Crippen molar-refractivity contribution in [2.45, 2.75) is 36.6 Å². The Balaban J connectivity index is 0.000000720. The fourth-order valence-corrected chi connectivity index (χ4v) is 2.85. The topological polar surface area (TPSA) is 296 Å². The summed E-state index contributed by atoms with van der Waals surface area (Å²) in [5, 5.41) is 46.6. The SMILES string of the molecule is O=C([O-])c1ccc[n+]([C@@H]2O[C@H](COP(=O)([O-])[O-])[C@@H](O)[C@H]2O)c1.[NH3+][C@@H](CS)C(=O)O.[NH3+][C@@H](CS)C(=O)O. The number of phosphoric acid groups is 1. The summed E-state index contributed by atoms with van der Waals surface area (Å²) in [6, 6.07) is 1.49.